The predicted molar refractivity (Wildman–Crippen MR) is 55.0 cm³/mol. The first-order valence-electron chi connectivity index (χ1n) is 4.46. The minimum Gasteiger partial charge on any atom is -0.497 e. The van der Waals surface area contributed by atoms with Crippen LogP contribution in [0.25, 0.3) is 11.5 Å². The zero-order valence-corrected chi connectivity index (χ0v) is 8.56. The van der Waals surface area contributed by atoms with Crippen molar-refractivity contribution < 1.29 is 13.9 Å². The van der Waals surface area contributed by atoms with Crippen molar-refractivity contribution in [2.45, 2.75) is 0 Å². The molecule has 0 unspecified atom stereocenters. The van der Waals surface area contributed by atoms with Gasteiger partial charge in [-0.25, -0.2) is 4.98 Å². The number of oxazole rings is 1. The van der Waals surface area contributed by atoms with Crippen LogP contribution < -0.4 is 9.47 Å². The molecular formula is C11H11NO3. The minimum atomic E-state index is 0.548. The molecule has 0 aliphatic carbocycles. The highest BCUT2D eigenvalue weighted by Gasteiger charge is 2.06. The van der Waals surface area contributed by atoms with Gasteiger partial charge in [0.25, 0.3) is 0 Å². The Kier molecular flexibility index (Phi) is 2.58. The number of benzene rings is 1. The van der Waals surface area contributed by atoms with Crippen molar-refractivity contribution in [3.05, 3.63) is 30.7 Å². The van der Waals surface area contributed by atoms with Gasteiger partial charge in [0.05, 0.1) is 20.4 Å². The lowest BCUT2D eigenvalue weighted by molar-refractivity contribution is 0.394. The number of hydrogen-bond acceptors (Lipinski definition) is 4. The van der Waals surface area contributed by atoms with Crippen molar-refractivity contribution in [1.29, 1.82) is 0 Å². The Morgan fingerprint density at radius 3 is 2.20 bits per heavy atom. The maximum Gasteiger partial charge on any atom is 0.226 e. The van der Waals surface area contributed by atoms with Crippen LogP contribution >= 0.6 is 0 Å². The Bertz CT molecular complexity index is 415. The molecular weight excluding hydrogens is 194 g/mol. The molecule has 0 spiro atoms. The molecule has 0 radical (unpaired) electrons. The van der Waals surface area contributed by atoms with Gasteiger partial charge in [-0.05, 0) is 12.1 Å². The molecule has 1 heterocycles. The second kappa shape index (κ2) is 4.04. The molecule has 0 aliphatic heterocycles. The molecule has 0 N–H and O–H groups in total. The van der Waals surface area contributed by atoms with E-state index < -0.39 is 0 Å². The lowest BCUT2D eigenvalue weighted by atomic mass is 10.2. The summed E-state index contributed by atoms with van der Waals surface area (Å²) in [6.45, 7) is 0. The van der Waals surface area contributed by atoms with Gasteiger partial charge in [0, 0.05) is 11.6 Å². The fraction of sp³-hybridized carbons (Fsp3) is 0.182. The van der Waals surface area contributed by atoms with Gasteiger partial charge < -0.3 is 13.9 Å². The summed E-state index contributed by atoms with van der Waals surface area (Å²) in [5, 5.41) is 0. The second-order valence-corrected chi connectivity index (χ2v) is 2.94. The lowest BCUT2D eigenvalue weighted by Crippen LogP contribution is -1.88. The molecule has 15 heavy (non-hydrogen) atoms. The summed E-state index contributed by atoms with van der Waals surface area (Å²) in [4.78, 5) is 4.06. The maximum atomic E-state index is 5.20. The first-order valence-corrected chi connectivity index (χ1v) is 4.46. The molecule has 0 fully saturated rings. The van der Waals surface area contributed by atoms with E-state index >= 15 is 0 Å². The Balaban J connectivity index is 2.47. The van der Waals surface area contributed by atoms with E-state index in [2.05, 4.69) is 4.98 Å². The molecule has 0 saturated carbocycles. The fourth-order valence-electron chi connectivity index (χ4n) is 1.30. The number of methoxy groups -OCH3 is 2. The molecule has 0 aliphatic rings. The molecule has 2 rings (SSSR count). The van der Waals surface area contributed by atoms with Crippen molar-refractivity contribution in [3.8, 4) is 23.0 Å². The molecule has 1 aromatic heterocycles. The van der Waals surface area contributed by atoms with Gasteiger partial charge in [-0.15, -0.1) is 0 Å². The van der Waals surface area contributed by atoms with E-state index in [0.29, 0.717) is 17.4 Å². The van der Waals surface area contributed by atoms with E-state index in [9.17, 15) is 0 Å². The first kappa shape index (κ1) is 9.58. The average Bonchev–Trinajstić information content (AvgIpc) is 2.81. The zero-order valence-electron chi connectivity index (χ0n) is 8.56. The molecule has 0 amide bonds. The molecule has 2 aromatic rings. The first-order chi connectivity index (χ1) is 7.33. The molecule has 1 aromatic carbocycles. The van der Waals surface area contributed by atoms with Gasteiger partial charge >= 0.3 is 0 Å². The lowest BCUT2D eigenvalue weighted by Gasteiger charge is -2.05. The summed E-state index contributed by atoms with van der Waals surface area (Å²) in [6, 6.07) is 5.48. The largest absolute Gasteiger partial charge is 0.497 e. The van der Waals surface area contributed by atoms with Gasteiger partial charge in [0.2, 0.25) is 5.89 Å². The van der Waals surface area contributed by atoms with E-state index in [1.165, 1.54) is 6.26 Å². The van der Waals surface area contributed by atoms with Crippen LogP contribution in [0.1, 0.15) is 0 Å². The van der Waals surface area contributed by atoms with Crippen LogP contribution in [0.15, 0.2) is 35.1 Å². The number of aromatic nitrogens is 1. The highest BCUT2D eigenvalue weighted by atomic mass is 16.5. The van der Waals surface area contributed by atoms with Gasteiger partial charge in [0.15, 0.2) is 0 Å². The monoisotopic (exact) mass is 205 g/mol. The van der Waals surface area contributed by atoms with Crippen molar-refractivity contribution in [2.24, 2.45) is 0 Å². The van der Waals surface area contributed by atoms with Crippen LogP contribution in [0, 0.1) is 0 Å². The van der Waals surface area contributed by atoms with E-state index in [-0.39, 0.29) is 0 Å². The minimum absolute atomic E-state index is 0.548. The Morgan fingerprint density at radius 1 is 1.07 bits per heavy atom. The topological polar surface area (TPSA) is 44.5 Å². The molecule has 78 valence electrons. The molecule has 4 heteroatoms. The zero-order chi connectivity index (χ0) is 10.7. The third-order valence-electron chi connectivity index (χ3n) is 2.03. The summed E-state index contributed by atoms with van der Waals surface area (Å²) >= 11 is 0. The summed E-state index contributed by atoms with van der Waals surface area (Å²) in [5.74, 6) is 1.97. The van der Waals surface area contributed by atoms with Crippen LogP contribution in [0.3, 0.4) is 0 Å². The maximum absolute atomic E-state index is 5.20. The van der Waals surface area contributed by atoms with Gasteiger partial charge in [-0.2, -0.15) is 0 Å². The summed E-state index contributed by atoms with van der Waals surface area (Å²) in [5.41, 5.74) is 0.830. The number of ether oxygens (including phenoxy) is 2. The standard InChI is InChI=1S/C11H11NO3/c1-13-9-5-8(6-10(7-9)14-2)11-12-3-4-15-11/h3-7H,1-2H3. The van der Waals surface area contributed by atoms with Crippen molar-refractivity contribution in [3.63, 3.8) is 0 Å². The molecule has 0 atom stereocenters. The SMILES string of the molecule is COc1cc(OC)cc(-c2ncco2)c1. The van der Waals surface area contributed by atoms with Crippen LogP contribution in [0.2, 0.25) is 0 Å². The third kappa shape index (κ3) is 1.93. The fourth-order valence-corrected chi connectivity index (χ4v) is 1.30. The Morgan fingerprint density at radius 2 is 1.73 bits per heavy atom. The van der Waals surface area contributed by atoms with Crippen molar-refractivity contribution in [2.75, 3.05) is 14.2 Å². The summed E-state index contributed by atoms with van der Waals surface area (Å²) < 4.78 is 15.5. The van der Waals surface area contributed by atoms with Crippen LogP contribution in [-0.4, -0.2) is 19.2 Å². The predicted octanol–water partition coefficient (Wildman–Crippen LogP) is 2.36. The average molecular weight is 205 g/mol. The van der Waals surface area contributed by atoms with Crippen molar-refractivity contribution >= 4 is 0 Å². The second-order valence-electron chi connectivity index (χ2n) is 2.94. The Hall–Kier alpha value is -1.97. The van der Waals surface area contributed by atoms with Crippen molar-refractivity contribution in [1.82, 2.24) is 4.98 Å². The van der Waals surface area contributed by atoms with E-state index in [0.717, 1.165) is 5.56 Å². The van der Waals surface area contributed by atoms with Gasteiger partial charge in [-0.1, -0.05) is 0 Å². The van der Waals surface area contributed by atoms with Crippen LogP contribution in [0.4, 0.5) is 0 Å². The van der Waals surface area contributed by atoms with Crippen LogP contribution in [0.5, 0.6) is 11.5 Å². The quantitative estimate of drug-likeness (QED) is 0.771. The van der Waals surface area contributed by atoms with E-state index in [1.807, 2.05) is 12.1 Å². The number of nitrogens with zero attached hydrogens (tertiary/aromatic N) is 1. The smallest absolute Gasteiger partial charge is 0.226 e. The number of rotatable bonds is 3. The third-order valence-corrected chi connectivity index (χ3v) is 2.03. The van der Waals surface area contributed by atoms with E-state index in [1.54, 1.807) is 26.5 Å². The normalized spacial score (nSPS) is 10.0. The Labute approximate surface area is 87.5 Å². The van der Waals surface area contributed by atoms with Gasteiger partial charge in [-0.3, -0.25) is 0 Å². The summed E-state index contributed by atoms with van der Waals surface area (Å²) in [6.07, 6.45) is 3.13. The number of hydrogen-bond donors (Lipinski definition) is 0. The highest BCUT2D eigenvalue weighted by molar-refractivity contribution is 5.59. The molecule has 4 nitrogen and oxygen atoms in total. The van der Waals surface area contributed by atoms with Gasteiger partial charge in [0.1, 0.15) is 17.8 Å². The van der Waals surface area contributed by atoms with E-state index in [4.69, 9.17) is 13.9 Å². The summed E-state index contributed by atoms with van der Waals surface area (Å²) in [7, 11) is 3.21. The highest BCUT2D eigenvalue weighted by Crippen LogP contribution is 2.28. The molecule has 0 saturated heterocycles. The van der Waals surface area contributed by atoms with Crippen LogP contribution in [-0.2, 0) is 0 Å². The molecule has 0 bridgehead atoms.